The molecule has 4 bridgehead atoms. The van der Waals surface area contributed by atoms with Crippen LogP contribution in [0.15, 0.2) is 12.1 Å². The molecule has 212 valence electrons. The zero-order chi connectivity index (χ0) is 26.7. The number of fused-ring (bicyclic) bond motifs is 3. The van der Waals surface area contributed by atoms with E-state index in [9.17, 15) is 4.79 Å². The van der Waals surface area contributed by atoms with Crippen molar-refractivity contribution >= 4 is 6.09 Å². The van der Waals surface area contributed by atoms with Crippen LogP contribution in [0.1, 0.15) is 76.8 Å². The molecule has 3 aliphatic carbocycles. The summed E-state index contributed by atoms with van der Waals surface area (Å²) in [4.78, 5) is 20.6. The fourth-order valence-electron chi connectivity index (χ4n) is 10.1. The van der Waals surface area contributed by atoms with Crippen LogP contribution in [-0.4, -0.2) is 90.5 Å². The lowest BCUT2D eigenvalue weighted by molar-refractivity contribution is -0.131. The molecule has 39 heavy (non-hydrogen) atoms. The highest BCUT2D eigenvalue weighted by atomic mass is 16.6. The van der Waals surface area contributed by atoms with E-state index in [0.717, 1.165) is 49.9 Å². The number of amides is 1. The van der Waals surface area contributed by atoms with E-state index >= 15 is 0 Å². The van der Waals surface area contributed by atoms with Crippen molar-refractivity contribution in [1.82, 2.24) is 14.7 Å². The maximum atomic E-state index is 12.9. The summed E-state index contributed by atoms with van der Waals surface area (Å²) in [5.74, 6) is 2.87. The van der Waals surface area contributed by atoms with E-state index in [1.54, 1.807) is 7.11 Å². The molecule has 1 unspecified atom stereocenters. The van der Waals surface area contributed by atoms with Crippen molar-refractivity contribution in [3.63, 3.8) is 0 Å². The van der Waals surface area contributed by atoms with E-state index < -0.39 is 5.60 Å². The number of carbonyl (C=O) groups excluding carboxylic acids is 1. The minimum Gasteiger partial charge on any atom is -0.493 e. The summed E-state index contributed by atoms with van der Waals surface area (Å²) in [6.45, 7) is 11.0. The molecule has 2 saturated carbocycles. The van der Waals surface area contributed by atoms with Crippen molar-refractivity contribution in [2.45, 2.75) is 107 Å². The highest BCUT2D eigenvalue weighted by Gasteiger charge is 2.74. The van der Waals surface area contributed by atoms with Crippen LogP contribution < -0.4 is 9.47 Å². The highest BCUT2D eigenvalue weighted by Crippen LogP contribution is 2.72. The number of piperidine rings is 1. The Labute approximate surface area is 233 Å². The highest BCUT2D eigenvalue weighted by molar-refractivity contribution is 5.68. The van der Waals surface area contributed by atoms with Gasteiger partial charge in [-0.15, -0.1) is 0 Å². The Morgan fingerprint density at radius 3 is 2.69 bits per heavy atom. The molecule has 0 aromatic heterocycles. The van der Waals surface area contributed by atoms with Crippen LogP contribution in [0.5, 0.6) is 11.5 Å². The predicted molar refractivity (Wildman–Crippen MR) is 148 cm³/mol. The van der Waals surface area contributed by atoms with Gasteiger partial charge in [-0.3, -0.25) is 9.80 Å². The van der Waals surface area contributed by atoms with E-state index in [2.05, 4.69) is 21.9 Å². The summed E-state index contributed by atoms with van der Waals surface area (Å²) in [7, 11) is 1.79. The molecule has 9 rings (SSSR count). The summed E-state index contributed by atoms with van der Waals surface area (Å²) in [5.41, 5.74) is 2.90. The maximum Gasteiger partial charge on any atom is 0.410 e. The van der Waals surface area contributed by atoms with Crippen LogP contribution in [0.2, 0.25) is 0 Å². The van der Waals surface area contributed by atoms with E-state index in [1.165, 1.54) is 62.7 Å². The molecule has 5 heterocycles. The lowest BCUT2D eigenvalue weighted by atomic mass is 9.42. The van der Waals surface area contributed by atoms with Gasteiger partial charge in [-0.05, 0) is 103 Å². The summed E-state index contributed by atoms with van der Waals surface area (Å²) < 4.78 is 18.8. The molecule has 7 nitrogen and oxygen atoms in total. The second-order valence-electron chi connectivity index (χ2n) is 14.7. The third-order valence-electron chi connectivity index (χ3n) is 11.7. The molecule has 1 amide bonds. The largest absolute Gasteiger partial charge is 0.493 e. The summed E-state index contributed by atoms with van der Waals surface area (Å²) >= 11 is 0. The Hall–Kier alpha value is -1.99. The zero-order valence-electron chi connectivity index (χ0n) is 24.2. The smallest absolute Gasteiger partial charge is 0.410 e. The first-order chi connectivity index (χ1) is 18.7. The molecule has 7 heteroatoms. The van der Waals surface area contributed by atoms with Crippen LogP contribution in [0.25, 0.3) is 0 Å². The molecule has 6 fully saturated rings. The first-order valence-electron chi connectivity index (χ1n) is 15.6. The number of methoxy groups -OCH3 is 1. The molecular formula is C32H45N3O4. The minimum atomic E-state index is -0.464. The van der Waals surface area contributed by atoms with E-state index in [1.807, 2.05) is 25.7 Å². The van der Waals surface area contributed by atoms with E-state index in [-0.39, 0.29) is 23.0 Å². The summed E-state index contributed by atoms with van der Waals surface area (Å²) in [5, 5.41) is 0. The number of hydrogen-bond donors (Lipinski definition) is 0. The van der Waals surface area contributed by atoms with Crippen molar-refractivity contribution in [3.05, 3.63) is 23.3 Å². The van der Waals surface area contributed by atoms with E-state index in [0.29, 0.717) is 18.1 Å². The van der Waals surface area contributed by atoms with Crippen LogP contribution in [0, 0.1) is 11.3 Å². The van der Waals surface area contributed by atoms with Crippen molar-refractivity contribution in [2.24, 2.45) is 11.3 Å². The Morgan fingerprint density at radius 1 is 1.08 bits per heavy atom. The van der Waals surface area contributed by atoms with Crippen LogP contribution >= 0.6 is 0 Å². The number of nitrogens with zero attached hydrogens (tertiary/aromatic N) is 3. The monoisotopic (exact) mass is 535 g/mol. The predicted octanol–water partition coefficient (Wildman–Crippen LogP) is 4.60. The number of rotatable bonds is 4. The number of carbonyl (C=O) groups is 1. The molecule has 2 spiro atoms. The third kappa shape index (κ3) is 3.38. The van der Waals surface area contributed by atoms with Gasteiger partial charge in [0.2, 0.25) is 0 Å². The maximum absolute atomic E-state index is 12.9. The average molecular weight is 536 g/mol. The SMILES string of the molecule is COc1ccc2c3c1O[C@H]1[C@H]4CC[C@@]5(CCN4C4CCN(C(=O)OC(C)(C)C)C4)[C@@H](C2)N(CC2CC2)CC[C@]315. The van der Waals surface area contributed by atoms with Crippen molar-refractivity contribution < 1.29 is 19.0 Å². The van der Waals surface area contributed by atoms with Gasteiger partial charge in [-0.25, -0.2) is 4.79 Å². The fourth-order valence-corrected chi connectivity index (χ4v) is 10.1. The molecule has 8 aliphatic rings. The summed E-state index contributed by atoms with van der Waals surface area (Å²) in [6.07, 6.45) is 9.90. The van der Waals surface area contributed by atoms with Gasteiger partial charge in [0.25, 0.3) is 0 Å². The van der Waals surface area contributed by atoms with Crippen LogP contribution in [0.4, 0.5) is 4.79 Å². The second-order valence-corrected chi connectivity index (χ2v) is 14.7. The molecule has 1 aromatic carbocycles. The number of likely N-dealkylation sites (tertiary alicyclic amines) is 2. The van der Waals surface area contributed by atoms with Gasteiger partial charge in [0.15, 0.2) is 11.5 Å². The fraction of sp³-hybridized carbons (Fsp3) is 0.781. The van der Waals surface area contributed by atoms with Crippen molar-refractivity contribution in [2.75, 3.05) is 39.8 Å². The Morgan fingerprint density at radius 2 is 1.92 bits per heavy atom. The minimum absolute atomic E-state index is 0.0797. The molecule has 5 aliphatic heterocycles. The van der Waals surface area contributed by atoms with Crippen LogP contribution in [-0.2, 0) is 16.6 Å². The lowest BCUT2D eigenvalue weighted by Gasteiger charge is -2.66. The molecule has 1 aromatic rings. The summed E-state index contributed by atoms with van der Waals surface area (Å²) in [6, 6.07) is 5.86. The van der Waals surface area contributed by atoms with Gasteiger partial charge in [-0.2, -0.15) is 0 Å². The first-order valence-corrected chi connectivity index (χ1v) is 15.6. The van der Waals surface area contributed by atoms with Gasteiger partial charge in [-0.1, -0.05) is 6.07 Å². The molecule has 0 radical (unpaired) electrons. The second kappa shape index (κ2) is 8.28. The van der Waals surface area contributed by atoms with Gasteiger partial charge in [0.1, 0.15) is 11.7 Å². The number of ether oxygens (including phenoxy) is 3. The van der Waals surface area contributed by atoms with Gasteiger partial charge >= 0.3 is 6.09 Å². The number of hydrogen-bond acceptors (Lipinski definition) is 6. The zero-order valence-corrected chi connectivity index (χ0v) is 24.2. The van der Waals surface area contributed by atoms with E-state index in [4.69, 9.17) is 14.2 Å². The topological polar surface area (TPSA) is 54.5 Å². The Kier molecular flexibility index (Phi) is 5.26. The van der Waals surface area contributed by atoms with Crippen LogP contribution in [0.3, 0.4) is 0 Å². The van der Waals surface area contributed by atoms with Crippen molar-refractivity contribution in [3.8, 4) is 11.5 Å². The molecule has 6 atom stereocenters. The molecule has 4 saturated heterocycles. The first kappa shape index (κ1) is 24.8. The lowest BCUT2D eigenvalue weighted by Crippen LogP contribution is -2.73. The standard InChI is InChI=1S/C32H45N3O4/c1-30(2,3)39-29(36)34-14-10-22(19-34)35-16-12-31-11-9-23(35)28-32(31)13-15-33(18-20-5-6-20)25(31)17-21-7-8-24(37-4)27(38-28)26(21)32/h7-8,20,22-23,25,28H,5-6,9-19H2,1-4H3/t22?,23-,25-,28+,31-,32+/m1/s1. The molecule has 0 N–H and O–H groups in total. The quantitative estimate of drug-likeness (QED) is 0.562. The third-order valence-corrected chi connectivity index (χ3v) is 11.7. The van der Waals surface area contributed by atoms with Gasteiger partial charge in [0.05, 0.1) is 7.11 Å². The van der Waals surface area contributed by atoms with Crippen molar-refractivity contribution in [1.29, 1.82) is 0 Å². The number of benzene rings is 1. The molecular weight excluding hydrogens is 490 g/mol. The average Bonchev–Trinajstić information content (AvgIpc) is 3.53. The normalized spacial score (nSPS) is 38.8. The Bertz CT molecular complexity index is 1190. The van der Waals surface area contributed by atoms with Gasteiger partial charge in [0, 0.05) is 54.2 Å². The Balaban J connectivity index is 1.17. The van der Waals surface area contributed by atoms with Gasteiger partial charge < -0.3 is 19.1 Å².